The molecule has 0 aliphatic carbocycles. The summed E-state index contributed by atoms with van der Waals surface area (Å²) in [6, 6.07) is 23.7. The zero-order valence-electron chi connectivity index (χ0n) is 24.1. The zero-order chi connectivity index (χ0) is 32.2. The van der Waals surface area contributed by atoms with E-state index in [4.69, 9.17) is 5.11 Å². The molecule has 0 aromatic heterocycles. The number of nitrogens with zero attached hydrogens (tertiary/aromatic N) is 1. The molecule has 2 N–H and O–H groups in total. The van der Waals surface area contributed by atoms with E-state index >= 15 is 0 Å². The van der Waals surface area contributed by atoms with Crippen LogP contribution in [0.25, 0.3) is 11.1 Å². The molecule has 1 aliphatic heterocycles. The molecular weight excluding hydrogens is 605 g/mol. The predicted octanol–water partition coefficient (Wildman–Crippen LogP) is 6.61. The van der Waals surface area contributed by atoms with Crippen LogP contribution in [0, 0.1) is 0 Å². The van der Waals surface area contributed by atoms with Crippen LogP contribution in [0.1, 0.15) is 41.5 Å². The molecule has 1 aliphatic rings. The SMILES string of the molecule is O=C(O)CCCCc1ccccc1CNC(=O)[C@@H]1Cc2ccccc2N1S(=O)(=O)c1ccc(-c2cccc(C(F)(F)F)c2)cc1. The van der Waals surface area contributed by atoms with E-state index in [0.29, 0.717) is 41.6 Å². The van der Waals surface area contributed by atoms with Gasteiger partial charge in [0.2, 0.25) is 5.91 Å². The summed E-state index contributed by atoms with van der Waals surface area (Å²) in [5.41, 5.74) is 2.82. The highest BCUT2D eigenvalue weighted by atomic mass is 32.2. The standard InChI is InChI=1S/C34H31F3N2O5S/c35-34(36,37)28-13-7-12-25(20-28)24-16-18-29(19-17-24)45(43,44)39-30-14-5-3-10-26(30)21-31(39)33(42)38-22-27-11-2-1-8-23(27)9-4-6-15-32(40)41/h1-3,5,7-8,10-14,16-20,31H,4,6,9,15,21-22H2,(H,38,42)(H,40,41)/t31-/m0/s1. The van der Waals surface area contributed by atoms with Gasteiger partial charge >= 0.3 is 12.1 Å². The Hall–Kier alpha value is -4.64. The van der Waals surface area contributed by atoms with Crippen molar-refractivity contribution < 1.29 is 36.3 Å². The normalized spacial score (nSPS) is 14.6. The van der Waals surface area contributed by atoms with Crippen LogP contribution >= 0.6 is 0 Å². The van der Waals surface area contributed by atoms with Gasteiger partial charge in [-0.05, 0) is 77.4 Å². The van der Waals surface area contributed by atoms with Gasteiger partial charge in [-0.3, -0.25) is 13.9 Å². The van der Waals surface area contributed by atoms with Gasteiger partial charge in [0.25, 0.3) is 10.0 Å². The number of anilines is 1. The first kappa shape index (κ1) is 31.8. The molecule has 4 aromatic rings. The van der Waals surface area contributed by atoms with E-state index < -0.39 is 39.7 Å². The number of amides is 1. The molecule has 0 spiro atoms. The predicted molar refractivity (Wildman–Crippen MR) is 164 cm³/mol. The molecule has 0 saturated heterocycles. The fourth-order valence-corrected chi connectivity index (χ4v) is 7.18. The van der Waals surface area contributed by atoms with Crippen molar-refractivity contribution in [3.8, 4) is 11.1 Å². The maximum Gasteiger partial charge on any atom is 0.416 e. The number of unbranched alkanes of at least 4 members (excludes halogenated alkanes) is 1. The number of aryl methyl sites for hydroxylation is 1. The van der Waals surface area contributed by atoms with Crippen LogP contribution in [0.15, 0.2) is 102 Å². The second-order valence-corrected chi connectivity index (χ2v) is 12.7. The van der Waals surface area contributed by atoms with Crippen LogP contribution in [0.4, 0.5) is 18.9 Å². The van der Waals surface area contributed by atoms with Gasteiger partial charge in [0.1, 0.15) is 6.04 Å². The number of sulfonamides is 1. The Labute approximate surface area is 259 Å². The number of alkyl halides is 3. The Morgan fingerprint density at radius 2 is 1.53 bits per heavy atom. The highest BCUT2D eigenvalue weighted by Crippen LogP contribution is 2.38. The van der Waals surface area contributed by atoms with Crippen molar-refractivity contribution in [1.82, 2.24) is 5.32 Å². The molecule has 5 rings (SSSR count). The van der Waals surface area contributed by atoms with Crippen molar-refractivity contribution in [1.29, 1.82) is 0 Å². The number of carboxylic acid groups (broad SMARTS) is 1. The first-order valence-electron chi connectivity index (χ1n) is 14.4. The van der Waals surface area contributed by atoms with Crippen LogP contribution in [0.5, 0.6) is 0 Å². The van der Waals surface area contributed by atoms with E-state index in [1.165, 1.54) is 36.4 Å². The summed E-state index contributed by atoms with van der Waals surface area (Å²) < 4.78 is 68.8. The van der Waals surface area contributed by atoms with Crippen LogP contribution in [-0.2, 0) is 45.2 Å². The summed E-state index contributed by atoms with van der Waals surface area (Å²) >= 11 is 0. The van der Waals surface area contributed by atoms with Crippen LogP contribution in [0.3, 0.4) is 0 Å². The summed E-state index contributed by atoms with van der Waals surface area (Å²) in [5, 5.41) is 11.8. The minimum Gasteiger partial charge on any atom is -0.481 e. The zero-order valence-corrected chi connectivity index (χ0v) is 24.9. The lowest BCUT2D eigenvalue weighted by molar-refractivity contribution is -0.138. The van der Waals surface area contributed by atoms with Crippen molar-refractivity contribution in [3.63, 3.8) is 0 Å². The molecule has 1 heterocycles. The number of aliphatic carboxylic acids is 1. The molecule has 0 bridgehead atoms. The minimum absolute atomic E-state index is 0.0828. The van der Waals surface area contributed by atoms with Crippen molar-refractivity contribution in [2.45, 2.75) is 55.8 Å². The Bertz CT molecular complexity index is 1810. The van der Waals surface area contributed by atoms with Gasteiger partial charge < -0.3 is 10.4 Å². The topological polar surface area (TPSA) is 104 Å². The quantitative estimate of drug-likeness (QED) is 0.181. The first-order valence-corrected chi connectivity index (χ1v) is 15.9. The first-order chi connectivity index (χ1) is 21.4. The fourth-order valence-electron chi connectivity index (χ4n) is 5.53. The number of rotatable bonds is 11. The van der Waals surface area contributed by atoms with Crippen molar-refractivity contribution >= 4 is 27.6 Å². The number of hydrogen-bond acceptors (Lipinski definition) is 4. The number of hydrogen-bond donors (Lipinski definition) is 2. The second-order valence-electron chi connectivity index (χ2n) is 10.8. The fraction of sp³-hybridized carbons (Fsp3) is 0.235. The minimum atomic E-state index is -4.51. The maximum atomic E-state index is 14.0. The lowest BCUT2D eigenvalue weighted by Crippen LogP contribution is -2.47. The van der Waals surface area contributed by atoms with Crippen LogP contribution < -0.4 is 9.62 Å². The Morgan fingerprint density at radius 3 is 2.24 bits per heavy atom. The van der Waals surface area contributed by atoms with Gasteiger partial charge in [0.05, 0.1) is 16.1 Å². The van der Waals surface area contributed by atoms with E-state index in [1.807, 2.05) is 24.3 Å². The van der Waals surface area contributed by atoms with Crippen molar-refractivity contribution in [3.05, 3.63) is 119 Å². The van der Waals surface area contributed by atoms with E-state index in [-0.39, 0.29) is 24.3 Å². The molecule has 0 fully saturated rings. The Kier molecular flexibility index (Phi) is 9.29. The highest BCUT2D eigenvalue weighted by Gasteiger charge is 2.42. The molecule has 45 heavy (non-hydrogen) atoms. The third-order valence-electron chi connectivity index (χ3n) is 7.82. The molecule has 1 atom stereocenters. The molecule has 11 heteroatoms. The number of fused-ring (bicyclic) bond motifs is 1. The molecule has 234 valence electrons. The summed E-state index contributed by atoms with van der Waals surface area (Å²) in [6.45, 7) is 0.167. The average Bonchev–Trinajstić information content (AvgIpc) is 3.43. The van der Waals surface area contributed by atoms with Gasteiger partial charge in [0, 0.05) is 19.4 Å². The van der Waals surface area contributed by atoms with Gasteiger partial charge in [0.15, 0.2) is 0 Å². The molecule has 1 amide bonds. The van der Waals surface area contributed by atoms with E-state index in [1.54, 1.807) is 24.3 Å². The monoisotopic (exact) mass is 636 g/mol. The van der Waals surface area contributed by atoms with Gasteiger partial charge in [-0.15, -0.1) is 0 Å². The number of nitrogens with one attached hydrogen (secondary N) is 1. The largest absolute Gasteiger partial charge is 0.481 e. The second kappa shape index (κ2) is 13.2. The summed E-state index contributed by atoms with van der Waals surface area (Å²) in [5.74, 6) is -1.32. The van der Waals surface area contributed by atoms with Gasteiger partial charge in [-0.25, -0.2) is 8.42 Å². The number of benzene rings is 4. The summed E-state index contributed by atoms with van der Waals surface area (Å²) in [7, 11) is -4.25. The van der Waals surface area contributed by atoms with E-state index in [0.717, 1.165) is 27.6 Å². The Morgan fingerprint density at radius 1 is 0.844 bits per heavy atom. The number of halogens is 3. The molecule has 7 nitrogen and oxygen atoms in total. The summed E-state index contributed by atoms with van der Waals surface area (Å²) in [4.78, 5) is 24.3. The highest BCUT2D eigenvalue weighted by molar-refractivity contribution is 7.93. The smallest absolute Gasteiger partial charge is 0.416 e. The summed E-state index contributed by atoms with van der Waals surface area (Å²) in [6.07, 6.45) is -2.41. The Balaban J connectivity index is 1.36. The van der Waals surface area contributed by atoms with Crippen molar-refractivity contribution in [2.75, 3.05) is 4.31 Å². The van der Waals surface area contributed by atoms with Gasteiger partial charge in [-0.1, -0.05) is 66.7 Å². The third-order valence-corrected chi connectivity index (χ3v) is 9.66. The molecule has 4 aromatic carbocycles. The lowest BCUT2D eigenvalue weighted by atomic mass is 10.0. The molecule has 0 radical (unpaired) electrons. The number of carboxylic acids is 1. The molecule has 0 unspecified atom stereocenters. The molecular formula is C34H31F3N2O5S. The average molecular weight is 637 g/mol. The maximum absolute atomic E-state index is 14.0. The van der Waals surface area contributed by atoms with Crippen LogP contribution in [-0.4, -0.2) is 31.4 Å². The van der Waals surface area contributed by atoms with Crippen molar-refractivity contribution in [2.24, 2.45) is 0 Å². The van der Waals surface area contributed by atoms with E-state index in [9.17, 15) is 31.2 Å². The number of para-hydroxylation sites is 1. The van der Waals surface area contributed by atoms with Crippen LogP contribution in [0.2, 0.25) is 0 Å². The van der Waals surface area contributed by atoms with Gasteiger partial charge in [-0.2, -0.15) is 13.2 Å². The molecule has 0 saturated carbocycles. The van der Waals surface area contributed by atoms with E-state index in [2.05, 4.69) is 5.32 Å². The number of carbonyl (C=O) groups is 2. The third kappa shape index (κ3) is 7.20. The lowest BCUT2D eigenvalue weighted by Gasteiger charge is -2.26. The number of carbonyl (C=O) groups excluding carboxylic acids is 1.